The molecule has 0 aliphatic carbocycles. The predicted molar refractivity (Wildman–Crippen MR) is 72.5 cm³/mol. The van der Waals surface area contributed by atoms with Gasteiger partial charge in [0.1, 0.15) is 11.9 Å². The summed E-state index contributed by atoms with van der Waals surface area (Å²) >= 11 is 0. The Morgan fingerprint density at radius 3 is 2.95 bits per heavy atom. The van der Waals surface area contributed by atoms with Crippen molar-refractivity contribution in [3.05, 3.63) is 23.8 Å². The fourth-order valence-electron chi connectivity index (χ4n) is 2.47. The number of ether oxygens (including phenoxy) is 2. The number of nitrogens with zero attached hydrogens (tertiary/aromatic N) is 1. The zero-order chi connectivity index (χ0) is 13.1. The number of morpholine rings is 1. The minimum atomic E-state index is -0.147. The number of benzene rings is 1. The van der Waals surface area contributed by atoms with Gasteiger partial charge in [0.25, 0.3) is 0 Å². The first kappa shape index (κ1) is 12.7. The fourth-order valence-corrected chi connectivity index (χ4v) is 2.47. The molecule has 1 unspecified atom stereocenters. The van der Waals surface area contributed by atoms with Gasteiger partial charge in [-0.2, -0.15) is 0 Å². The van der Waals surface area contributed by atoms with E-state index in [-0.39, 0.29) is 12.7 Å². The van der Waals surface area contributed by atoms with Crippen LogP contribution in [0, 0.1) is 0 Å². The van der Waals surface area contributed by atoms with Gasteiger partial charge in [-0.1, -0.05) is 6.07 Å². The van der Waals surface area contributed by atoms with Crippen LogP contribution in [0.2, 0.25) is 0 Å². The lowest BCUT2D eigenvalue weighted by molar-refractivity contribution is 0.0341. The zero-order valence-electron chi connectivity index (χ0n) is 11.0. The molecule has 2 heterocycles. The number of fused-ring (bicyclic) bond motifs is 1. The Labute approximate surface area is 113 Å². The molecular weight excluding hydrogens is 244 g/mol. The average Bonchev–Trinajstić information content (AvgIpc) is 2.47. The van der Waals surface area contributed by atoms with Crippen molar-refractivity contribution in [2.24, 2.45) is 0 Å². The van der Waals surface area contributed by atoms with Gasteiger partial charge in [0.2, 0.25) is 0 Å². The van der Waals surface area contributed by atoms with E-state index in [1.165, 1.54) is 5.56 Å². The summed E-state index contributed by atoms with van der Waals surface area (Å²) in [6.45, 7) is 5.21. The Morgan fingerprint density at radius 1 is 1.32 bits per heavy atom. The van der Waals surface area contributed by atoms with Crippen LogP contribution in [0.5, 0.6) is 5.75 Å². The maximum absolute atomic E-state index is 9.16. The van der Waals surface area contributed by atoms with Crippen LogP contribution in [0.25, 0.3) is 0 Å². The van der Waals surface area contributed by atoms with Crippen LogP contribution in [0.3, 0.4) is 0 Å². The summed E-state index contributed by atoms with van der Waals surface area (Å²) in [5.41, 5.74) is 2.25. The molecule has 5 heteroatoms. The van der Waals surface area contributed by atoms with Crippen molar-refractivity contribution >= 4 is 5.69 Å². The van der Waals surface area contributed by atoms with Gasteiger partial charge in [-0.15, -0.1) is 0 Å². The lowest BCUT2D eigenvalue weighted by Crippen LogP contribution is -2.36. The van der Waals surface area contributed by atoms with E-state index in [1.54, 1.807) is 0 Å². The van der Waals surface area contributed by atoms with Crippen molar-refractivity contribution in [1.82, 2.24) is 4.90 Å². The molecule has 1 fully saturated rings. The molecule has 0 radical (unpaired) electrons. The van der Waals surface area contributed by atoms with Crippen LogP contribution < -0.4 is 10.1 Å². The Bertz CT molecular complexity index is 433. The summed E-state index contributed by atoms with van der Waals surface area (Å²) in [7, 11) is 0. The third kappa shape index (κ3) is 3.00. The maximum atomic E-state index is 9.16. The van der Waals surface area contributed by atoms with Crippen LogP contribution in [-0.2, 0) is 11.3 Å². The first-order valence-electron chi connectivity index (χ1n) is 6.79. The van der Waals surface area contributed by atoms with Gasteiger partial charge in [-0.05, 0) is 17.7 Å². The molecule has 5 nitrogen and oxygen atoms in total. The van der Waals surface area contributed by atoms with Crippen molar-refractivity contribution in [3.8, 4) is 5.75 Å². The minimum absolute atomic E-state index is 0.0418. The Balaban J connectivity index is 1.69. The molecule has 2 aliphatic heterocycles. The molecule has 1 saturated heterocycles. The summed E-state index contributed by atoms with van der Waals surface area (Å²) in [5.74, 6) is 0.844. The van der Waals surface area contributed by atoms with Crippen molar-refractivity contribution in [2.45, 2.75) is 12.6 Å². The van der Waals surface area contributed by atoms with Crippen LogP contribution in [0.4, 0.5) is 5.69 Å². The van der Waals surface area contributed by atoms with E-state index in [4.69, 9.17) is 14.6 Å². The van der Waals surface area contributed by atoms with Gasteiger partial charge in [-0.3, -0.25) is 4.90 Å². The third-order valence-corrected chi connectivity index (χ3v) is 3.57. The Morgan fingerprint density at radius 2 is 2.16 bits per heavy atom. The molecular formula is C14H20N2O3. The number of aliphatic hydroxyl groups is 1. The molecule has 0 saturated carbocycles. The highest BCUT2D eigenvalue weighted by Crippen LogP contribution is 2.30. The number of rotatable bonds is 3. The largest absolute Gasteiger partial charge is 0.484 e. The second kappa shape index (κ2) is 5.77. The van der Waals surface area contributed by atoms with Gasteiger partial charge in [0.05, 0.1) is 32.1 Å². The number of hydrogen-bond donors (Lipinski definition) is 2. The standard InChI is InChI=1S/C14H20N2O3/c17-10-12-8-15-13-2-1-11(7-14(13)19-12)9-16-3-5-18-6-4-16/h1-2,7,12,15,17H,3-6,8-10H2. The van der Waals surface area contributed by atoms with Gasteiger partial charge in [0.15, 0.2) is 0 Å². The Hall–Kier alpha value is -1.30. The highest BCUT2D eigenvalue weighted by molar-refractivity contribution is 5.59. The SMILES string of the molecule is OCC1CNc2ccc(CN3CCOCC3)cc2O1. The number of hydrogen-bond acceptors (Lipinski definition) is 5. The number of anilines is 1. The summed E-state index contributed by atoms with van der Waals surface area (Å²) in [6.07, 6.45) is -0.147. The van der Waals surface area contributed by atoms with Crippen molar-refractivity contribution in [2.75, 3.05) is 44.8 Å². The topological polar surface area (TPSA) is 54.0 Å². The quantitative estimate of drug-likeness (QED) is 0.841. The van der Waals surface area contributed by atoms with Crippen LogP contribution >= 0.6 is 0 Å². The van der Waals surface area contributed by atoms with E-state index in [1.807, 2.05) is 0 Å². The highest BCUT2D eigenvalue weighted by atomic mass is 16.5. The highest BCUT2D eigenvalue weighted by Gasteiger charge is 2.19. The second-order valence-electron chi connectivity index (χ2n) is 5.02. The van der Waals surface area contributed by atoms with Gasteiger partial charge in [0, 0.05) is 19.6 Å². The summed E-state index contributed by atoms with van der Waals surface area (Å²) in [4.78, 5) is 2.38. The van der Waals surface area contributed by atoms with Crippen molar-refractivity contribution in [3.63, 3.8) is 0 Å². The first-order valence-corrected chi connectivity index (χ1v) is 6.79. The Kier molecular flexibility index (Phi) is 3.87. The van der Waals surface area contributed by atoms with Crippen LogP contribution in [0.15, 0.2) is 18.2 Å². The smallest absolute Gasteiger partial charge is 0.143 e. The van der Waals surface area contributed by atoms with E-state index in [2.05, 4.69) is 28.4 Å². The molecule has 0 bridgehead atoms. The normalized spacial score (nSPS) is 23.3. The number of nitrogens with one attached hydrogen (secondary N) is 1. The molecule has 19 heavy (non-hydrogen) atoms. The lowest BCUT2D eigenvalue weighted by atomic mass is 10.1. The molecule has 1 atom stereocenters. The molecule has 1 aromatic rings. The lowest BCUT2D eigenvalue weighted by Gasteiger charge is -2.29. The van der Waals surface area contributed by atoms with E-state index in [0.29, 0.717) is 6.54 Å². The van der Waals surface area contributed by atoms with Crippen LogP contribution in [0.1, 0.15) is 5.56 Å². The van der Waals surface area contributed by atoms with E-state index < -0.39 is 0 Å². The van der Waals surface area contributed by atoms with Crippen molar-refractivity contribution < 1.29 is 14.6 Å². The molecule has 0 spiro atoms. The zero-order valence-corrected chi connectivity index (χ0v) is 11.0. The van der Waals surface area contributed by atoms with Crippen LogP contribution in [-0.4, -0.2) is 55.6 Å². The molecule has 1 aromatic carbocycles. The molecule has 0 amide bonds. The fraction of sp³-hybridized carbons (Fsp3) is 0.571. The second-order valence-corrected chi connectivity index (χ2v) is 5.02. The van der Waals surface area contributed by atoms with Gasteiger partial charge >= 0.3 is 0 Å². The molecule has 3 rings (SSSR count). The maximum Gasteiger partial charge on any atom is 0.143 e. The molecule has 2 aliphatic rings. The van der Waals surface area contributed by atoms with Crippen molar-refractivity contribution in [1.29, 1.82) is 0 Å². The van der Waals surface area contributed by atoms with E-state index >= 15 is 0 Å². The average molecular weight is 264 g/mol. The predicted octanol–water partition coefficient (Wildman–Crippen LogP) is 0.684. The third-order valence-electron chi connectivity index (χ3n) is 3.57. The molecule has 104 valence electrons. The van der Waals surface area contributed by atoms with E-state index in [9.17, 15) is 0 Å². The summed E-state index contributed by atoms with van der Waals surface area (Å²) in [5, 5.41) is 12.4. The van der Waals surface area contributed by atoms with E-state index in [0.717, 1.165) is 44.3 Å². The summed E-state index contributed by atoms with van der Waals surface area (Å²) < 4.78 is 11.1. The molecule has 0 aromatic heterocycles. The van der Waals surface area contributed by atoms with Gasteiger partial charge in [-0.25, -0.2) is 0 Å². The molecule has 2 N–H and O–H groups in total. The first-order chi connectivity index (χ1) is 9.35. The monoisotopic (exact) mass is 264 g/mol. The number of aliphatic hydroxyl groups excluding tert-OH is 1. The minimum Gasteiger partial charge on any atom is -0.484 e. The van der Waals surface area contributed by atoms with Gasteiger partial charge < -0.3 is 19.9 Å². The summed E-state index contributed by atoms with van der Waals surface area (Å²) in [6, 6.07) is 6.25.